The van der Waals surface area contributed by atoms with Gasteiger partial charge in [0.2, 0.25) is 0 Å². The molecule has 0 aliphatic carbocycles. The minimum atomic E-state index is -1.14. The van der Waals surface area contributed by atoms with Crippen LogP contribution in [0.25, 0.3) is 0 Å². The van der Waals surface area contributed by atoms with Crippen molar-refractivity contribution in [1.29, 1.82) is 0 Å². The summed E-state index contributed by atoms with van der Waals surface area (Å²) in [5.74, 6) is -1.55. The number of ether oxygens (including phenoxy) is 2. The van der Waals surface area contributed by atoms with Gasteiger partial charge in [-0.25, -0.2) is 4.79 Å². The average molecular weight is 258 g/mol. The first-order valence-corrected chi connectivity index (χ1v) is 6.00. The molecule has 0 spiro atoms. The third-order valence-electron chi connectivity index (χ3n) is 3.54. The van der Waals surface area contributed by atoms with Crippen LogP contribution in [0.5, 0.6) is 0 Å². The summed E-state index contributed by atoms with van der Waals surface area (Å²) in [6.45, 7) is 0.996. The second kappa shape index (κ2) is 5.21. The summed E-state index contributed by atoms with van der Waals surface area (Å²) in [5.41, 5.74) is -1.14. The van der Waals surface area contributed by atoms with Crippen LogP contribution in [-0.2, 0) is 19.1 Å². The van der Waals surface area contributed by atoms with Crippen LogP contribution in [0.2, 0.25) is 0 Å². The number of hydrogen-bond acceptors (Lipinski definition) is 6. The number of nitrogens with one attached hydrogen (secondary N) is 2. The van der Waals surface area contributed by atoms with Crippen LogP contribution < -0.4 is 10.6 Å². The van der Waals surface area contributed by atoms with Crippen molar-refractivity contribution >= 4 is 11.9 Å². The van der Waals surface area contributed by atoms with Crippen molar-refractivity contribution in [3.05, 3.63) is 0 Å². The SMILES string of the molecule is COCCOC(=O)C12CCC(CNC1C(=O)O)N2. The fraction of sp³-hybridized carbons (Fsp3) is 0.818. The van der Waals surface area contributed by atoms with Crippen LogP contribution in [0, 0.1) is 0 Å². The Morgan fingerprint density at radius 2 is 2.22 bits per heavy atom. The molecule has 2 bridgehead atoms. The Kier molecular flexibility index (Phi) is 3.84. The summed E-state index contributed by atoms with van der Waals surface area (Å²) in [4.78, 5) is 23.4. The zero-order valence-electron chi connectivity index (χ0n) is 10.3. The van der Waals surface area contributed by atoms with Gasteiger partial charge in [-0.1, -0.05) is 0 Å². The number of carbonyl (C=O) groups excluding carboxylic acids is 1. The Bertz CT molecular complexity index is 348. The maximum absolute atomic E-state index is 12.1. The Hall–Kier alpha value is -1.18. The van der Waals surface area contributed by atoms with Gasteiger partial charge in [-0.3, -0.25) is 10.1 Å². The van der Waals surface area contributed by atoms with Crippen molar-refractivity contribution in [2.24, 2.45) is 0 Å². The van der Waals surface area contributed by atoms with Crippen LogP contribution in [0.4, 0.5) is 0 Å². The van der Waals surface area contributed by atoms with Crippen molar-refractivity contribution in [3.63, 3.8) is 0 Å². The molecule has 2 fully saturated rings. The highest BCUT2D eigenvalue weighted by atomic mass is 16.6. The molecule has 2 aliphatic heterocycles. The van der Waals surface area contributed by atoms with Crippen molar-refractivity contribution < 1.29 is 24.2 Å². The van der Waals surface area contributed by atoms with Crippen LogP contribution in [0.3, 0.4) is 0 Å². The predicted octanol–water partition coefficient (Wildman–Crippen LogP) is -1.28. The lowest BCUT2D eigenvalue weighted by Gasteiger charge is -2.38. The first-order chi connectivity index (χ1) is 8.60. The van der Waals surface area contributed by atoms with E-state index in [1.165, 1.54) is 7.11 Å². The number of rotatable bonds is 5. The summed E-state index contributed by atoms with van der Waals surface area (Å²) in [6.07, 6.45) is 1.25. The average Bonchev–Trinajstić information content (AvgIpc) is 2.68. The lowest BCUT2D eigenvalue weighted by Crippen LogP contribution is -2.71. The van der Waals surface area contributed by atoms with E-state index in [2.05, 4.69) is 10.6 Å². The summed E-state index contributed by atoms with van der Waals surface area (Å²) in [5, 5.41) is 15.2. The molecule has 0 aromatic heterocycles. The molecule has 3 atom stereocenters. The van der Waals surface area contributed by atoms with Crippen molar-refractivity contribution in [2.45, 2.75) is 30.5 Å². The quantitative estimate of drug-likeness (QED) is 0.417. The van der Waals surface area contributed by atoms with Gasteiger partial charge in [0.1, 0.15) is 18.2 Å². The molecule has 7 heteroatoms. The molecule has 0 aromatic carbocycles. The Balaban J connectivity index is 2.09. The molecule has 2 rings (SSSR count). The Morgan fingerprint density at radius 1 is 1.44 bits per heavy atom. The largest absolute Gasteiger partial charge is 0.480 e. The second-order valence-electron chi connectivity index (χ2n) is 4.66. The molecule has 2 aliphatic rings. The summed E-state index contributed by atoms with van der Waals surface area (Å²) < 4.78 is 9.89. The van der Waals surface area contributed by atoms with Crippen LogP contribution in [-0.4, -0.2) is 61.5 Å². The number of piperazine rings is 1. The van der Waals surface area contributed by atoms with Gasteiger partial charge in [0.05, 0.1) is 6.61 Å². The molecule has 18 heavy (non-hydrogen) atoms. The monoisotopic (exact) mass is 258 g/mol. The topological polar surface area (TPSA) is 96.9 Å². The maximum Gasteiger partial charge on any atom is 0.328 e. The minimum absolute atomic E-state index is 0.135. The van der Waals surface area contributed by atoms with Crippen molar-refractivity contribution in [1.82, 2.24) is 10.6 Å². The maximum atomic E-state index is 12.1. The van der Waals surface area contributed by atoms with E-state index in [1.54, 1.807) is 0 Å². The molecule has 3 N–H and O–H groups in total. The van der Waals surface area contributed by atoms with Crippen LogP contribution >= 0.6 is 0 Å². The summed E-state index contributed by atoms with van der Waals surface area (Å²) in [7, 11) is 1.51. The standard InChI is InChI=1S/C11H18N2O5/c1-17-4-5-18-10(16)11-3-2-7(13-11)6-12-8(11)9(14)15/h7-8,12-13H,2-6H2,1H3,(H,14,15). The molecular weight excluding hydrogens is 240 g/mol. The number of fused-ring (bicyclic) bond motifs is 2. The Morgan fingerprint density at radius 3 is 2.89 bits per heavy atom. The number of hydrogen-bond donors (Lipinski definition) is 3. The molecule has 7 nitrogen and oxygen atoms in total. The normalized spacial score (nSPS) is 34.3. The molecule has 0 radical (unpaired) electrons. The first kappa shape index (κ1) is 13.3. The lowest BCUT2D eigenvalue weighted by atomic mass is 9.88. The van der Waals surface area contributed by atoms with Crippen molar-refractivity contribution in [3.8, 4) is 0 Å². The van der Waals surface area contributed by atoms with Gasteiger partial charge in [-0.15, -0.1) is 0 Å². The fourth-order valence-corrected chi connectivity index (χ4v) is 2.65. The highest BCUT2D eigenvalue weighted by Gasteiger charge is 2.57. The molecule has 2 saturated heterocycles. The third kappa shape index (κ3) is 2.21. The van der Waals surface area contributed by atoms with E-state index in [0.29, 0.717) is 19.6 Å². The molecule has 3 unspecified atom stereocenters. The molecule has 102 valence electrons. The summed E-state index contributed by atoms with van der Waals surface area (Å²) >= 11 is 0. The van der Waals surface area contributed by atoms with Gasteiger partial charge >= 0.3 is 11.9 Å². The van der Waals surface area contributed by atoms with E-state index in [1.807, 2.05) is 0 Å². The number of carboxylic acid groups (broad SMARTS) is 1. The molecule has 0 saturated carbocycles. The van der Waals surface area contributed by atoms with Gasteiger partial charge in [0.15, 0.2) is 0 Å². The minimum Gasteiger partial charge on any atom is -0.480 e. The highest BCUT2D eigenvalue weighted by Crippen LogP contribution is 2.31. The van der Waals surface area contributed by atoms with Gasteiger partial charge in [-0.05, 0) is 12.8 Å². The molecular formula is C11H18N2O5. The molecule has 0 aromatic rings. The van der Waals surface area contributed by atoms with E-state index in [0.717, 1.165) is 6.42 Å². The zero-order chi connectivity index (χ0) is 13.2. The van der Waals surface area contributed by atoms with Crippen LogP contribution in [0.1, 0.15) is 12.8 Å². The summed E-state index contributed by atoms with van der Waals surface area (Å²) in [6, 6.07) is -0.804. The number of esters is 1. The second-order valence-corrected chi connectivity index (χ2v) is 4.66. The van der Waals surface area contributed by atoms with Gasteiger partial charge < -0.3 is 19.9 Å². The molecule has 0 amide bonds. The van der Waals surface area contributed by atoms with E-state index in [4.69, 9.17) is 9.47 Å². The van der Waals surface area contributed by atoms with Gasteiger partial charge in [-0.2, -0.15) is 0 Å². The van der Waals surface area contributed by atoms with E-state index in [-0.39, 0.29) is 12.6 Å². The lowest BCUT2D eigenvalue weighted by molar-refractivity contribution is -0.160. The Labute approximate surface area is 105 Å². The van der Waals surface area contributed by atoms with E-state index >= 15 is 0 Å². The third-order valence-corrected chi connectivity index (χ3v) is 3.54. The number of carboxylic acids is 1. The van der Waals surface area contributed by atoms with Crippen molar-refractivity contribution in [2.75, 3.05) is 26.9 Å². The number of methoxy groups -OCH3 is 1. The van der Waals surface area contributed by atoms with Crippen LogP contribution in [0.15, 0.2) is 0 Å². The smallest absolute Gasteiger partial charge is 0.328 e. The number of carbonyl (C=O) groups is 2. The predicted molar refractivity (Wildman–Crippen MR) is 61.2 cm³/mol. The highest BCUT2D eigenvalue weighted by molar-refractivity contribution is 5.91. The zero-order valence-corrected chi connectivity index (χ0v) is 10.3. The fourth-order valence-electron chi connectivity index (χ4n) is 2.65. The van der Waals surface area contributed by atoms with Gasteiger partial charge in [0.25, 0.3) is 0 Å². The first-order valence-electron chi connectivity index (χ1n) is 6.00. The van der Waals surface area contributed by atoms with E-state index < -0.39 is 23.5 Å². The number of aliphatic carboxylic acids is 1. The molecule has 2 heterocycles. The van der Waals surface area contributed by atoms with E-state index in [9.17, 15) is 14.7 Å². The van der Waals surface area contributed by atoms with Gasteiger partial charge in [0, 0.05) is 19.7 Å².